The molecule has 0 heterocycles. The third-order valence-electron chi connectivity index (χ3n) is 2.36. The second-order valence-corrected chi connectivity index (χ2v) is 4.85. The molecule has 0 atom stereocenters. The molecule has 0 aliphatic rings. The highest BCUT2D eigenvalue weighted by Crippen LogP contribution is 2.16. The molecular formula is C13H11NO7S. The van der Waals surface area contributed by atoms with E-state index in [4.69, 9.17) is 17.5 Å². The predicted molar refractivity (Wildman–Crippen MR) is 77.1 cm³/mol. The molecule has 0 saturated heterocycles. The first-order valence-corrected chi connectivity index (χ1v) is 7.12. The Kier molecular flexibility index (Phi) is 5.87. The van der Waals surface area contributed by atoms with Gasteiger partial charge in [-0.1, -0.05) is 42.5 Å². The lowest BCUT2D eigenvalue weighted by Gasteiger charge is -2.00. The minimum atomic E-state index is -4.67. The summed E-state index contributed by atoms with van der Waals surface area (Å²) in [6, 6.07) is 14.4. The summed E-state index contributed by atoms with van der Waals surface area (Å²) >= 11 is 0. The summed E-state index contributed by atoms with van der Waals surface area (Å²) in [5.41, 5.74) is 0.769. The third kappa shape index (κ3) is 6.22. The number of rotatable bonds is 3. The maximum absolute atomic E-state index is 12.0. The Labute approximate surface area is 125 Å². The van der Waals surface area contributed by atoms with Crippen LogP contribution in [0.2, 0.25) is 0 Å². The fraction of sp³-hybridized carbons (Fsp3) is 0. The summed E-state index contributed by atoms with van der Waals surface area (Å²) in [4.78, 5) is 22.1. The predicted octanol–water partition coefficient (Wildman–Crippen LogP) is 2.17. The van der Waals surface area contributed by atoms with Crippen LogP contribution in [0.25, 0.3) is 0 Å². The third-order valence-corrected chi connectivity index (χ3v) is 2.36. The van der Waals surface area contributed by atoms with Crippen LogP contribution in [0.5, 0.6) is 0 Å². The maximum Gasteiger partial charge on any atom is 0.394 e. The molecule has 2 aromatic carbocycles. The number of ketones is 1. The SMILES string of the molecule is O=C(c1ccccc1)c1cccc([N+](=O)[O-])c1.O=S(=O)(O)O. The second-order valence-electron chi connectivity index (χ2n) is 3.95. The van der Waals surface area contributed by atoms with E-state index < -0.39 is 15.3 Å². The van der Waals surface area contributed by atoms with Gasteiger partial charge in [-0.2, -0.15) is 8.42 Å². The van der Waals surface area contributed by atoms with E-state index in [1.54, 1.807) is 30.3 Å². The van der Waals surface area contributed by atoms with Crippen molar-refractivity contribution < 1.29 is 27.2 Å². The van der Waals surface area contributed by atoms with Gasteiger partial charge in [-0.3, -0.25) is 24.0 Å². The molecule has 0 unspecified atom stereocenters. The molecule has 116 valence electrons. The van der Waals surface area contributed by atoms with Crippen molar-refractivity contribution in [3.8, 4) is 0 Å². The van der Waals surface area contributed by atoms with E-state index in [9.17, 15) is 14.9 Å². The number of carbonyl (C=O) groups excluding carboxylic acids is 1. The number of non-ortho nitro benzene ring substituents is 1. The molecule has 0 fully saturated rings. The molecule has 22 heavy (non-hydrogen) atoms. The zero-order valence-corrected chi connectivity index (χ0v) is 11.8. The summed E-state index contributed by atoms with van der Waals surface area (Å²) in [6.45, 7) is 0. The molecule has 0 amide bonds. The summed E-state index contributed by atoms with van der Waals surface area (Å²) < 4.78 is 31.6. The lowest BCUT2D eigenvalue weighted by Crippen LogP contribution is -2.01. The van der Waals surface area contributed by atoms with E-state index in [0.29, 0.717) is 11.1 Å². The molecule has 0 aromatic heterocycles. The van der Waals surface area contributed by atoms with Crippen LogP contribution < -0.4 is 0 Å². The molecule has 9 heteroatoms. The summed E-state index contributed by atoms with van der Waals surface area (Å²) in [6.07, 6.45) is 0. The van der Waals surface area contributed by atoms with Gasteiger partial charge >= 0.3 is 10.4 Å². The van der Waals surface area contributed by atoms with Gasteiger partial charge < -0.3 is 0 Å². The number of nitro groups is 1. The standard InChI is InChI=1S/C13H9NO3.H2O4S/c15-13(10-5-2-1-3-6-10)11-7-4-8-12(9-11)14(16)17;1-5(2,3)4/h1-9H;(H2,1,2,3,4). The van der Waals surface area contributed by atoms with Crippen molar-refractivity contribution >= 4 is 21.9 Å². The van der Waals surface area contributed by atoms with E-state index in [0.717, 1.165) is 0 Å². The number of benzene rings is 2. The number of nitro benzene ring substituents is 1. The van der Waals surface area contributed by atoms with Crippen LogP contribution in [-0.4, -0.2) is 28.2 Å². The van der Waals surface area contributed by atoms with Gasteiger partial charge in [0.15, 0.2) is 5.78 Å². The fourth-order valence-electron chi connectivity index (χ4n) is 1.52. The van der Waals surface area contributed by atoms with Gasteiger partial charge in [0.2, 0.25) is 0 Å². The summed E-state index contributed by atoms with van der Waals surface area (Å²) in [7, 11) is -4.67. The Balaban J connectivity index is 0.000000422. The van der Waals surface area contributed by atoms with Crippen LogP contribution in [0, 0.1) is 10.1 Å². The second kappa shape index (κ2) is 7.41. The molecule has 8 nitrogen and oxygen atoms in total. The Hall–Kier alpha value is -2.62. The topological polar surface area (TPSA) is 135 Å². The van der Waals surface area contributed by atoms with Crippen molar-refractivity contribution in [3.05, 3.63) is 75.8 Å². The Morgan fingerprint density at radius 2 is 1.45 bits per heavy atom. The molecule has 0 saturated carbocycles. The molecule has 2 rings (SSSR count). The number of nitrogens with zero attached hydrogens (tertiary/aromatic N) is 1. The van der Waals surface area contributed by atoms with E-state index in [-0.39, 0.29) is 11.5 Å². The molecule has 0 bridgehead atoms. The average molecular weight is 325 g/mol. The molecule has 0 aliphatic carbocycles. The quantitative estimate of drug-likeness (QED) is 0.382. The van der Waals surface area contributed by atoms with Crippen molar-refractivity contribution in [2.75, 3.05) is 0 Å². The normalized spacial score (nSPS) is 10.3. The highest BCUT2D eigenvalue weighted by Gasteiger charge is 2.12. The average Bonchev–Trinajstić information content (AvgIpc) is 2.46. The lowest BCUT2D eigenvalue weighted by atomic mass is 10.0. The zero-order chi connectivity index (χ0) is 16.8. The fourth-order valence-corrected chi connectivity index (χ4v) is 1.52. The van der Waals surface area contributed by atoms with Gasteiger partial charge in [0.1, 0.15) is 0 Å². The smallest absolute Gasteiger partial charge is 0.289 e. The number of hydrogen-bond donors (Lipinski definition) is 2. The monoisotopic (exact) mass is 325 g/mol. The maximum atomic E-state index is 12.0. The minimum absolute atomic E-state index is 0.0771. The first kappa shape index (κ1) is 17.4. The molecule has 0 aliphatic heterocycles. The van der Waals surface area contributed by atoms with Crippen LogP contribution in [0.15, 0.2) is 54.6 Å². The van der Waals surface area contributed by atoms with Gasteiger partial charge in [-0.25, -0.2) is 0 Å². The summed E-state index contributed by atoms with van der Waals surface area (Å²) in [5, 5.41) is 10.6. The van der Waals surface area contributed by atoms with E-state index in [1.165, 1.54) is 18.2 Å². The van der Waals surface area contributed by atoms with Crippen LogP contribution >= 0.6 is 0 Å². The first-order valence-electron chi connectivity index (χ1n) is 5.72. The van der Waals surface area contributed by atoms with Crippen molar-refractivity contribution in [1.82, 2.24) is 0 Å². The van der Waals surface area contributed by atoms with Crippen LogP contribution in [-0.2, 0) is 10.4 Å². The van der Waals surface area contributed by atoms with Gasteiger partial charge in [-0.15, -0.1) is 0 Å². The molecular weight excluding hydrogens is 314 g/mol. The minimum Gasteiger partial charge on any atom is -0.289 e. The molecule has 0 spiro atoms. The van der Waals surface area contributed by atoms with E-state index in [1.807, 2.05) is 6.07 Å². The largest absolute Gasteiger partial charge is 0.394 e. The first-order chi connectivity index (χ1) is 10.2. The molecule has 0 radical (unpaired) electrons. The summed E-state index contributed by atoms with van der Waals surface area (Å²) in [5.74, 6) is -0.214. The number of hydrogen-bond acceptors (Lipinski definition) is 5. The van der Waals surface area contributed by atoms with Gasteiger partial charge in [0.25, 0.3) is 5.69 Å². The van der Waals surface area contributed by atoms with Crippen molar-refractivity contribution in [3.63, 3.8) is 0 Å². The lowest BCUT2D eigenvalue weighted by molar-refractivity contribution is -0.384. The van der Waals surface area contributed by atoms with Crippen LogP contribution in [0.1, 0.15) is 15.9 Å². The van der Waals surface area contributed by atoms with Crippen molar-refractivity contribution in [1.29, 1.82) is 0 Å². The van der Waals surface area contributed by atoms with Crippen LogP contribution in [0.3, 0.4) is 0 Å². The molecule has 2 N–H and O–H groups in total. The number of carbonyl (C=O) groups is 1. The van der Waals surface area contributed by atoms with Gasteiger partial charge in [0.05, 0.1) is 4.92 Å². The van der Waals surface area contributed by atoms with Crippen molar-refractivity contribution in [2.24, 2.45) is 0 Å². The van der Waals surface area contributed by atoms with Gasteiger partial charge in [0, 0.05) is 23.3 Å². The Morgan fingerprint density at radius 1 is 0.955 bits per heavy atom. The van der Waals surface area contributed by atoms with E-state index >= 15 is 0 Å². The van der Waals surface area contributed by atoms with Crippen LogP contribution in [0.4, 0.5) is 5.69 Å². The van der Waals surface area contributed by atoms with E-state index in [2.05, 4.69) is 0 Å². The Bertz CT molecular complexity index is 764. The zero-order valence-electron chi connectivity index (χ0n) is 11.0. The highest BCUT2D eigenvalue weighted by molar-refractivity contribution is 7.79. The highest BCUT2D eigenvalue weighted by atomic mass is 32.3. The van der Waals surface area contributed by atoms with Crippen molar-refractivity contribution in [2.45, 2.75) is 0 Å². The Morgan fingerprint density at radius 3 is 1.95 bits per heavy atom. The molecule has 2 aromatic rings. The van der Waals surface area contributed by atoms with Gasteiger partial charge in [-0.05, 0) is 0 Å².